The van der Waals surface area contributed by atoms with Gasteiger partial charge in [0.2, 0.25) is 0 Å². The number of carbonyl (C=O) groups is 1. The van der Waals surface area contributed by atoms with Crippen molar-refractivity contribution in [1.29, 1.82) is 0 Å². The molecule has 0 spiro atoms. The van der Waals surface area contributed by atoms with E-state index in [9.17, 15) is 4.79 Å². The molecule has 22 heavy (non-hydrogen) atoms. The zero-order chi connectivity index (χ0) is 15.9. The quantitative estimate of drug-likeness (QED) is 0.307. The Kier molecular flexibility index (Phi) is 10.2. The molecule has 0 atom stereocenters. The van der Waals surface area contributed by atoms with Crippen molar-refractivity contribution in [2.24, 2.45) is 5.41 Å². The summed E-state index contributed by atoms with van der Waals surface area (Å²) in [7, 11) is 0. The summed E-state index contributed by atoms with van der Waals surface area (Å²) in [5.74, 6) is 0. The molecule has 118 valence electrons. The molecule has 0 aliphatic heterocycles. The van der Waals surface area contributed by atoms with Crippen LogP contribution in [0, 0.1) is 5.41 Å². The van der Waals surface area contributed by atoms with Gasteiger partial charge in [0.05, 0.1) is 0 Å². The third kappa shape index (κ3) is 7.26. The molecular weight excluding hydrogens is 296 g/mol. The fourth-order valence-electron chi connectivity index (χ4n) is 2.80. The van der Waals surface area contributed by atoms with Crippen LogP contribution < -0.4 is 0 Å². The number of aldehydes is 1. The summed E-state index contributed by atoms with van der Waals surface area (Å²) < 4.78 is 0. The summed E-state index contributed by atoms with van der Waals surface area (Å²) in [6.45, 7) is 10.9. The number of hydrogen-bond acceptors (Lipinski definition) is 1. The summed E-state index contributed by atoms with van der Waals surface area (Å²) in [5.41, 5.74) is 5.48. The molecule has 1 nitrogen and oxygen atoms in total. The zero-order valence-corrected chi connectivity index (χ0v) is 14.1. The molecule has 0 unspecified atom stereocenters. The average molecular weight is 327 g/mol. The molecule has 0 aromatic heterocycles. The number of hydrogen-bond donors (Lipinski definition) is 0. The number of allylic oxidation sites excluding steroid dienone is 10. The first-order chi connectivity index (χ1) is 9.86. The first-order valence-corrected chi connectivity index (χ1v) is 7.72. The predicted molar refractivity (Wildman–Crippen MR) is 101 cm³/mol. The van der Waals surface area contributed by atoms with E-state index in [1.54, 1.807) is 6.08 Å². The van der Waals surface area contributed by atoms with Gasteiger partial charge in [0.25, 0.3) is 0 Å². The first kappa shape index (κ1) is 21.6. The number of carbonyl (C=O) groups excluding carboxylic acids is 1. The summed E-state index contributed by atoms with van der Waals surface area (Å²) in [6, 6.07) is 0. The Balaban J connectivity index is 0.00000441. The van der Waals surface area contributed by atoms with Gasteiger partial charge in [0.1, 0.15) is 6.29 Å². The normalized spacial score (nSPS) is 19.7. The van der Waals surface area contributed by atoms with Crippen LogP contribution in [0.1, 0.15) is 53.9 Å². The van der Waals surface area contributed by atoms with Gasteiger partial charge < -0.3 is 0 Å². The summed E-state index contributed by atoms with van der Waals surface area (Å²) >= 11 is 0. The average Bonchev–Trinajstić information content (AvgIpc) is 2.37. The zero-order valence-electron chi connectivity index (χ0n) is 14.1. The van der Waals surface area contributed by atoms with Crippen LogP contribution in [0.5, 0.6) is 0 Å². The van der Waals surface area contributed by atoms with Crippen molar-refractivity contribution in [3.63, 3.8) is 0 Å². The Bertz CT molecular complexity index is 528. The fourth-order valence-corrected chi connectivity index (χ4v) is 2.80. The maximum atomic E-state index is 10.3. The van der Waals surface area contributed by atoms with Crippen LogP contribution in [0.15, 0.2) is 58.7 Å². The Hall–Kier alpha value is -0.370. The molecule has 0 fully saturated rings. The first-order valence-electron chi connectivity index (χ1n) is 7.72. The van der Waals surface area contributed by atoms with E-state index >= 15 is 0 Å². The fraction of sp³-hybridized carbons (Fsp3) is 0.450. The van der Waals surface area contributed by atoms with E-state index in [1.165, 1.54) is 36.0 Å². The van der Waals surface area contributed by atoms with Gasteiger partial charge in [-0.2, -0.15) is 0 Å². The third-order valence-electron chi connectivity index (χ3n) is 4.10. The van der Waals surface area contributed by atoms with Crippen LogP contribution in [0.4, 0.5) is 0 Å². The Morgan fingerprint density at radius 2 is 1.73 bits per heavy atom. The van der Waals surface area contributed by atoms with Gasteiger partial charge in [-0.05, 0) is 62.7 Å². The molecular formula is C20H30CaO. The van der Waals surface area contributed by atoms with E-state index in [-0.39, 0.29) is 43.2 Å². The van der Waals surface area contributed by atoms with Crippen molar-refractivity contribution in [2.75, 3.05) is 0 Å². The van der Waals surface area contributed by atoms with E-state index < -0.39 is 0 Å². The molecule has 0 heterocycles. The molecule has 0 amide bonds. The van der Waals surface area contributed by atoms with Gasteiger partial charge in [-0.15, -0.1) is 0 Å². The monoisotopic (exact) mass is 326 g/mol. The summed E-state index contributed by atoms with van der Waals surface area (Å²) in [6.07, 6.45) is 16.6. The van der Waals surface area contributed by atoms with Crippen molar-refractivity contribution in [3.05, 3.63) is 58.7 Å². The molecule has 2 heteroatoms. The van der Waals surface area contributed by atoms with E-state index in [0.29, 0.717) is 0 Å². The van der Waals surface area contributed by atoms with Crippen LogP contribution in [0.2, 0.25) is 0 Å². The van der Waals surface area contributed by atoms with Gasteiger partial charge >= 0.3 is 37.7 Å². The topological polar surface area (TPSA) is 17.1 Å². The minimum absolute atomic E-state index is 0. The molecule has 0 radical (unpaired) electrons. The molecule has 1 aliphatic rings. The second kappa shape index (κ2) is 10.4. The van der Waals surface area contributed by atoms with Crippen LogP contribution in [-0.2, 0) is 4.79 Å². The molecule has 1 rings (SSSR count). The SMILES string of the molecule is CC1=C(/C=C/C(C)=C/C=C/C(C)=C/C=O)C(C)(C)CCC1.[CaH2]. The molecule has 1 aliphatic carbocycles. The van der Waals surface area contributed by atoms with E-state index in [4.69, 9.17) is 0 Å². The second-order valence-electron chi connectivity index (χ2n) is 6.58. The number of rotatable bonds is 5. The Labute approximate surface area is 165 Å². The van der Waals surface area contributed by atoms with E-state index in [0.717, 1.165) is 11.9 Å². The van der Waals surface area contributed by atoms with Crippen molar-refractivity contribution in [2.45, 2.75) is 53.9 Å². The molecule has 0 bridgehead atoms. The molecule has 0 saturated heterocycles. The van der Waals surface area contributed by atoms with Crippen molar-refractivity contribution >= 4 is 44.0 Å². The van der Waals surface area contributed by atoms with Crippen LogP contribution in [0.25, 0.3) is 0 Å². The standard InChI is InChI=1S/C20H28O.Ca.2H/c1-16(8-6-9-17(2)13-15-21)11-12-19-18(3)10-7-14-20(19,4)5;;;/h6,8-9,11-13,15H,7,10,14H2,1-5H3;;;/b9-6+,12-11+,16-8+,17-13+;;;. The van der Waals surface area contributed by atoms with Gasteiger partial charge in [-0.3, -0.25) is 4.79 Å². The summed E-state index contributed by atoms with van der Waals surface area (Å²) in [4.78, 5) is 10.3. The van der Waals surface area contributed by atoms with Gasteiger partial charge in [-0.1, -0.05) is 55.4 Å². The third-order valence-corrected chi connectivity index (χ3v) is 4.10. The molecule has 0 aromatic carbocycles. The maximum absolute atomic E-state index is 10.3. The van der Waals surface area contributed by atoms with E-state index in [1.807, 2.05) is 19.1 Å². The van der Waals surface area contributed by atoms with Gasteiger partial charge in [0.15, 0.2) is 0 Å². The minimum atomic E-state index is 0. The van der Waals surface area contributed by atoms with Crippen LogP contribution in [0.3, 0.4) is 0 Å². The molecule has 0 saturated carbocycles. The Morgan fingerprint density at radius 3 is 2.32 bits per heavy atom. The van der Waals surface area contributed by atoms with Crippen molar-refractivity contribution in [1.82, 2.24) is 0 Å². The van der Waals surface area contributed by atoms with Crippen molar-refractivity contribution in [3.8, 4) is 0 Å². The van der Waals surface area contributed by atoms with E-state index in [2.05, 4.69) is 45.9 Å². The van der Waals surface area contributed by atoms with Crippen molar-refractivity contribution < 1.29 is 4.79 Å². The van der Waals surface area contributed by atoms with Gasteiger partial charge in [0, 0.05) is 0 Å². The summed E-state index contributed by atoms with van der Waals surface area (Å²) in [5, 5.41) is 0. The molecule has 0 aromatic rings. The Morgan fingerprint density at radius 1 is 1.09 bits per heavy atom. The van der Waals surface area contributed by atoms with Gasteiger partial charge in [-0.25, -0.2) is 0 Å². The predicted octanol–water partition coefficient (Wildman–Crippen LogP) is 4.80. The van der Waals surface area contributed by atoms with Crippen LogP contribution in [-0.4, -0.2) is 44.0 Å². The molecule has 0 N–H and O–H groups in total. The second-order valence-corrected chi connectivity index (χ2v) is 6.58. The van der Waals surface area contributed by atoms with Crippen LogP contribution >= 0.6 is 0 Å².